The molecule has 0 saturated heterocycles. The lowest BCUT2D eigenvalue weighted by Crippen LogP contribution is -2.16. The van der Waals surface area contributed by atoms with E-state index < -0.39 is 9.84 Å². The molecule has 138 valence electrons. The van der Waals surface area contributed by atoms with Gasteiger partial charge in [0.1, 0.15) is 0 Å². The van der Waals surface area contributed by atoms with Gasteiger partial charge in [0.15, 0.2) is 16.4 Å². The van der Waals surface area contributed by atoms with E-state index in [1.165, 1.54) is 0 Å². The van der Waals surface area contributed by atoms with Gasteiger partial charge in [-0.25, -0.2) is 17.9 Å². The molecule has 26 heavy (non-hydrogen) atoms. The summed E-state index contributed by atoms with van der Waals surface area (Å²) < 4.78 is 28.1. The lowest BCUT2D eigenvalue weighted by molar-refractivity contribution is 0.411. The van der Waals surface area contributed by atoms with Crippen LogP contribution < -0.4 is 5.32 Å². The SMILES string of the molecule is CNc1nn2c(C)cc(CCN(C)C)nc2c1S(=O)(=O)c1ccccc1. The number of hydrogen-bond acceptors (Lipinski definition) is 6. The fourth-order valence-electron chi connectivity index (χ4n) is 2.80. The molecule has 1 N–H and O–H groups in total. The van der Waals surface area contributed by atoms with Crippen molar-refractivity contribution in [3.05, 3.63) is 47.8 Å². The van der Waals surface area contributed by atoms with Gasteiger partial charge >= 0.3 is 0 Å². The van der Waals surface area contributed by atoms with Crippen LogP contribution in [0.15, 0.2) is 46.2 Å². The molecule has 0 radical (unpaired) electrons. The topological polar surface area (TPSA) is 79.6 Å². The second kappa shape index (κ2) is 7.05. The summed E-state index contributed by atoms with van der Waals surface area (Å²) >= 11 is 0. The first kappa shape index (κ1) is 18.3. The van der Waals surface area contributed by atoms with E-state index in [4.69, 9.17) is 0 Å². The summed E-state index contributed by atoms with van der Waals surface area (Å²) in [5, 5.41) is 7.31. The third-order valence-electron chi connectivity index (χ3n) is 4.15. The monoisotopic (exact) mass is 373 g/mol. The third kappa shape index (κ3) is 3.30. The van der Waals surface area contributed by atoms with Crippen molar-refractivity contribution >= 4 is 21.3 Å². The van der Waals surface area contributed by atoms with Crippen molar-refractivity contribution in [2.24, 2.45) is 0 Å². The Balaban J connectivity index is 2.23. The van der Waals surface area contributed by atoms with Gasteiger partial charge in [0.05, 0.1) is 4.90 Å². The molecule has 0 unspecified atom stereocenters. The molecule has 3 rings (SSSR count). The maximum absolute atomic E-state index is 13.2. The zero-order valence-corrected chi connectivity index (χ0v) is 16.2. The van der Waals surface area contributed by atoms with Gasteiger partial charge in [0.25, 0.3) is 0 Å². The molecule has 0 spiro atoms. The lowest BCUT2D eigenvalue weighted by atomic mass is 10.2. The Morgan fingerprint density at radius 1 is 1.19 bits per heavy atom. The number of aryl methyl sites for hydroxylation is 1. The average molecular weight is 373 g/mol. The normalized spacial score (nSPS) is 12.0. The quantitative estimate of drug-likeness (QED) is 0.712. The molecule has 0 fully saturated rings. The molecule has 7 nitrogen and oxygen atoms in total. The van der Waals surface area contributed by atoms with Gasteiger partial charge < -0.3 is 10.2 Å². The molecular formula is C18H23N5O2S. The number of benzene rings is 1. The molecule has 0 saturated carbocycles. The van der Waals surface area contributed by atoms with Crippen LogP contribution in [-0.2, 0) is 16.3 Å². The Kier molecular flexibility index (Phi) is 4.97. The number of likely N-dealkylation sites (N-methyl/N-ethyl adjacent to an activating group) is 1. The zero-order chi connectivity index (χ0) is 18.9. The van der Waals surface area contributed by atoms with Crippen molar-refractivity contribution in [3.63, 3.8) is 0 Å². The molecule has 0 amide bonds. The highest BCUT2D eigenvalue weighted by atomic mass is 32.2. The van der Waals surface area contributed by atoms with Crippen molar-refractivity contribution in [1.82, 2.24) is 19.5 Å². The number of aromatic nitrogens is 3. The number of rotatable bonds is 6. The summed E-state index contributed by atoms with van der Waals surface area (Å²) in [5.74, 6) is 0.300. The van der Waals surface area contributed by atoms with E-state index in [0.29, 0.717) is 11.5 Å². The van der Waals surface area contributed by atoms with Crippen LogP contribution in [0.2, 0.25) is 0 Å². The van der Waals surface area contributed by atoms with E-state index in [1.807, 2.05) is 27.1 Å². The number of sulfone groups is 1. The molecule has 0 aliphatic carbocycles. The van der Waals surface area contributed by atoms with E-state index in [9.17, 15) is 8.42 Å². The Labute approximate surface area is 153 Å². The molecule has 8 heteroatoms. The van der Waals surface area contributed by atoms with Crippen LogP contribution in [0, 0.1) is 6.92 Å². The van der Waals surface area contributed by atoms with E-state index in [2.05, 4.69) is 20.3 Å². The highest BCUT2D eigenvalue weighted by Gasteiger charge is 2.29. The largest absolute Gasteiger partial charge is 0.370 e. The van der Waals surface area contributed by atoms with Crippen LogP contribution in [0.25, 0.3) is 5.65 Å². The first-order valence-corrected chi connectivity index (χ1v) is 9.85. The Bertz CT molecular complexity index is 1030. The van der Waals surface area contributed by atoms with Crippen molar-refractivity contribution < 1.29 is 8.42 Å². The molecule has 0 atom stereocenters. The maximum atomic E-state index is 13.2. The van der Waals surface area contributed by atoms with Crippen molar-refractivity contribution in [2.45, 2.75) is 23.1 Å². The first-order chi connectivity index (χ1) is 12.3. The molecule has 2 heterocycles. The second-order valence-corrected chi connectivity index (χ2v) is 8.31. The van der Waals surface area contributed by atoms with Crippen LogP contribution in [0.1, 0.15) is 11.4 Å². The highest BCUT2D eigenvalue weighted by molar-refractivity contribution is 7.91. The molecule has 0 aliphatic rings. The molecule has 0 bridgehead atoms. The van der Waals surface area contributed by atoms with Gasteiger partial charge in [0, 0.05) is 31.4 Å². The van der Waals surface area contributed by atoms with Gasteiger partial charge in [-0.2, -0.15) is 0 Å². The van der Waals surface area contributed by atoms with Gasteiger partial charge in [-0.05, 0) is 39.2 Å². The summed E-state index contributed by atoms with van der Waals surface area (Å²) in [5.41, 5.74) is 2.04. The average Bonchev–Trinajstić information content (AvgIpc) is 3.00. The predicted octanol–water partition coefficient (Wildman–Crippen LogP) is 2.02. The number of fused-ring (bicyclic) bond motifs is 1. The minimum absolute atomic E-state index is 0.112. The lowest BCUT2D eigenvalue weighted by Gasteiger charge is -2.10. The van der Waals surface area contributed by atoms with Crippen LogP contribution in [0.5, 0.6) is 0 Å². The number of nitrogens with zero attached hydrogens (tertiary/aromatic N) is 4. The number of hydrogen-bond donors (Lipinski definition) is 1. The Hall–Kier alpha value is -2.45. The predicted molar refractivity (Wildman–Crippen MR) is 101 cm³/mol. The summed E-state index contributed by atoms with van der Waals surface area (Å²) in [4.78, 5) is 7.03. The van der Waals surface area contributed by atoms with Crippen LogP contribution in [-0.4, -0.2) is 55.6 Å². The smallest absolute Gasteiger partial charge is 0.214 e. The Morgan fingerprint density at radius 3 is 2.50 bits per heavy atom. The highest BCUT2D eigenvalue weighted by Crippen LogP contribution is 2.31. The van der Waals surface area contributed by atoms with Gasteiger partial charge in [-0.1, -0.05) is 18.2 Å². The maximum Gasteiger partial charge on any atom is 0.214 e. The van der Waals surface area contributed by atoms with Crippen LogP contribution in [0.4, 0.5) is 5.82 Å². The molecule has 0 aliphatic heterocycles. The van der Waals surface area contributed by atoms with E-state index >= 15 is 0 Å². The van der Waals surface area contributed by atoms with E-state index in [1.54, 1.807) is 41.9 Å². The van der Waals surface area contributed by atoms with Crippen molar-refractivity contribution in [3.8, 4) is 0 Å². The fraction of sp³-hybridized carbons (Fsp3) is 0.333. The molecule has 2 aromatic heterocycles. The number of nitrogens with one attached hydrogen (secondary N) is 1. The molecule has 1 aromatic carbocycles. The first-order valence-electron chi connectivity index (χ1n) is 8.36. The second-order valence-electron chi connectivity index (χ2n) is 6.42. The van der Waals surface area contributed by atoms with E-state index in [0.717, 1.165) is 24.4 Å². The third-order valence-corrected chi connectivity index (χ3v) is 5.96. The Morgan fingerprint density at radius 2 is 1.88 bits per heavy atom. The van der Waals surface area contributed by atoms with E-state index in [-0.39, 0.29) is 9.79 Å². The van der Waals surface area contributed by atoms with Crippen molar-refractivity contribution in [2.75, 3.05) is 33.0 Å². The summed E-state index contributed by atoms with van der Waals surface area (Å²) in [6, 6.07) is 10.3. The minimum atomic E-state index is -3.75. The standard InChI is InChI=1S/C18H23N5O2S/c1-13-12-14(10-11-22(3)4)20-18-16(17(19-2)21-23(13)18)26(24,25)15-8-6-5-7-9-15/h5-9,12H,10-11H2,1-4H3,(H,19,21). The van der Waals surface area contributed by atoms with Crippen LogP contribution >= 0.6 is 0 Å². The number of anilines is 1. The van der Waals surface area contributed by atoms with Gasteiger partial charge in [0.2, 0.25) is 9.84 Å². The van der Waals surface area contributed by atoms with Gasteiger partial charge in [-0.3, -0.25) is 0 Å². The summed E-state index contributed by atoms with van der Waals surface area (Å²) in [7, 11) is 1.90. The summed E-state index contributed by atoms with van der Waals surface area (Å²) in [6.07, 6.45) is 0.731. The van der Waals surface area contributed by atoms with Crippen molar-refractivity contribution in [1.29, 1.82) is 0 Å². The zero-order valence-electron chi connectivity index (χ0n) is 15.4. The fourth-order valence-corrected chi connectivity index (χ4v) is 4.33. The minimum Gasteiger partial charge on any atom is -0.370 e. The summed E-state index contributed by atoms with van der Waals surface area (Å²) in [6.45, 7) is 2.73. The van der Waals surface area contributed by atoms with Gasteiger partial charge in [-0.15, -0.1) is 5.10 Å². The van der Waals surface area contributed by atoms with Crippen LogP contribution in [0.3, 0.4) is 0 Å². The molecular weight excluding hydrogens is 350 g/mol. The molecule has 3 aromatic rings.